The summed E-state index contributed by atoms with van der Waals surface area (Å²) >= 11 is 0. The molecule has 1 aromatic carbocycles. The Balaban J connectivity index is 2.29. The van der Waals surface area contributed by atoms with Crippen molar-refractivity contribution in [2.75, 3.05) is 25.6 Å². The summed E-state index contributed by atoms with van der Waals surface area (Å²) in [4.78, 5) is 4.37. The smallest absolute Gasteiger partial charge is 0.133 e. The van der Waals surface area contributed by atoms with Crippen LogP contribution in [-0.2, 0) is 0 Å². The molecule has 0 amide bonds. The number of aliphatic hydroxyl groups excluding tert-OH is 1. The molecular formula is C15H20N2O2. The number of nitrogens with zero attached hydrogens (tertiary/aromatic N) is 1. The predicted octanol–water partition coefficient (Wildman–Crippen LogP) is 2.67. The number of nitrogens with one attached hydrogen (secondary N) is 1. The number of anilines is 1. The summed E-state index contributed by atoms with van der Waals surface area (Å²) in [6.45, 7) is 4.82. The first-order valence-electron chi connectivity index (χ1n) is 6.33. The molecule has 0 aliphatic carbocycles. The van der Waals surface area contributed by atoms with Crippen LogP contribution in [0.3, 0.4) is 0 Å². The molecule has 0 fully saturated rings. The summed E-state index contributed by atoms with van der Waals surface area (Å²) in [5.74, 6) is 1.67. The fourth-order valence-corrected chi connectivity index (χ4v) is 1.80. The highest BCUT2D eigenvalue weighted by Crippen LogP contribution is 2.26. The van der Waals surface area contributed by atoms with Gasteiger partial charge < -0.3 is 15.2 Å². The van der Waals surface area contributed by atoms with Gasteiger partial charge in [0.25, 0.3) is 0 Å². The molecule has 0 saturated carbocycles. The van der Waals surface area contributed by atoms with Crippen molar-refractivity contribution >= 4 is 16.6 Å². The van der Waals surface area contributed by atoms with Gasteiger partial charge in [0.15, 0.2) is 0 Å². The molecule has 0 radical (unpaired) electrons. The van der Waals surface area contributed by atoms with Crippen LogP contribution in [-0.4, -0.2) is 30.4 Å². The van der Waals surface area contributed by atoms with Crippen LogP contribution in [0.1, 0.15) is 13.8 Å². The number of ether oxygens (including phenoxy) is 1. The standard InChI is InChI=1S/C15H20N2O2/c1-15(2,10-18)9-17-14-13-5-4-12(19-3)8-11(13)6-7-16-14/h4-8,18H,9-10H2,1-3H3,(H,16,17). The molecule has 1 heterocycles. The molecular weight excluding hydrogens is 240 g/mol. The van der Waals surface area contributed by atoms with Crippen LogP contribution in [0.4, 0.5) is 5.82 Å². The van der Waals surface area contributed by atoms with Crippen LogP contribution in [0.15, 0.2) is 30.5 Å². The van der Waals surface area contributed by atoms with Crippen molar-refractivity contribution in [1.29, 1.82) is 0 Å². The number of hydrogen-bond donors (Lipinski definition) is 2. The normalized spacial score (nSPS) is 11.6. The van der Waals surface area contributed by atoms with Gasteiger partial charge in [-0.15, -0.1) is 0 Å². The minimum atomic E-state index is -0.170. The topological polar surface area (TPSA) is 54.4 Å². The Kier molecular flexibility index (Phi) is 3.90. The van der Waals surface area contributed by atoms with E-state index in [-0.39, 0.29) is 12.0 Å². The first kappa shape index (κ1) is 13.6. The third kappa shape index (κ3) is 3.15. The lowest BCUT2D eigenvalue weighted by atomic mass is 9.95. The van der Waals surface area contributed by atoms with Crippen molar-refractivity contribution in [3.63, 3.8) is 0 Å². The minimum Gasteiger partial charge on any atom is -0.497 e. The van der Waals surface area contributed by atoms with E-state index in [0.717, 1.165) is 22.3 Å². The molecule has 19 heavy (non-hydrogen) atoms. The average molecular weight is 260 g/mol. The van der Waals surface area contributed by atoms with Gasteiger partial charge in [0.05, 0.1) is 7.11 Å². The molecule has 0 atom stereocenters. The average Bonchev–Trinajstić information content (AvgIpc) is 2.44. The van der Waals surface area contributed by atoms with Gasteiger partial charge in [0, 0.05) is 30.1 Å². The lowest BCUT2D eigenvalue weighted by Gasteiger charge is -2.22. The summed E-state index contributed by atoms with van der Waals surface area (Å²) in [5.41, 5.74) is -0.170. The zero-order chi connectivity index (χ0) is 13.9. The van der Waals surface area contributed by atoms with Gasteiger partial charge in [-0.1, -0.05) is 13.8 Å². The van der Waals surface area contributed by atoms with E-state index < -0.39 is 0 Å². The van der Waals surface area contributed by atoms with Gasteiger partial charge in [-0.05, 0) is 29.7 Å². The van der Waals surface area contributed by atoms with E-state index in [9.17, 15) is 5.11 Å². The summed E-state index contributed by atoms with van der Waals surface area (Å²) in [7, 11) is 1.66. The fourth-order valence-electron chi connectivity index (χ4n) is 1.80. The van der Waals surface area contributed by atoms with Crippen LogP contribution in [0.5, 0.6) is 5.75 Å². The second-order valence-corrected chi connectivity index (χ2v) is 5.42. The largest absolute Gasteiger partial charge is 0.497 e. The summed E-state index contributed by atoms with van der Waals surface area (Å²) < 4.78 is 5.22. The molecule has 2 aromatic rings. The van der Waals surface area contributed by atoms with Crippen molar-refractivity contribution in [2.45, 2.75) is 13.8 Å². The number of pyridine rings is 1. The first-order valence-corrected chi connectivity index (χ1v) is 6.33. The molecule has 2 N–H and O–H groups in total. The summed E-state index contributed by atoms with van der Waals surface area (Å²) in [6.07, 6.45) is 1.77. The second-order valence-electron chi connectivity index (χ2n) is 5.42. The number of methoxy groups -OCH3 is 1. The number of fused-ring (bicyclic) bond motifs is 1. The Hall–Kier alpha value is -1.81. The van der Waals surface area contributed by atoms with Crippen LogP contribution in [0.25, 0.3) is 10.8 Å². The molecule has 4 nitrogen and oxygen atoms in total. The van der Waals surface area contributed by atoms with E-state index in [0.29, 0.717) is 6.54 Å². The SMILES string of the molecule is COc1ccc2c(NCC(C)(C)CO)nccc2c1. The maximum Gasteiger partial charge on any atom is 0.133 e. The van der Waals surface area contributed by atoms with E-state index in [2.05, 4.69) is 10.3 Å². The number of rotatable bonds is 5. The van der Waals surface area contributed by atoms with E-state index in [1.807, 2.05) is 38.1 Å². The molecule has 102 valence electrons. The third-order valence-electron chi connectivity index (χ3n) is 3.13. The molecule has 0 unspecified atom stereocenters. The highest BCUT2D eigenvalue weighted by Gasteiger charge is 2.16. The van der Waals surface area contributed by atoms with Gasteiger partial charge in [-0.2, -0.15) is 0 Å². The Morgan fingerprint density at radius 3 is 2.79 bits per heavy atom. The number of aliphatic hydroxyl groups is 1. The van der Waals surface area contributed by atoms with Crippen molar-refractivity contribution in [3.05, 3.63) is 30.5 Å². The summed E-state index contributed by atoms with van der Waals surface area (Å²) in [5, 5.41) is 14.7. The van der Waals surface area contributed by atoms with Gasteiger partial charge >= 0.3 is 0 Å². The van der Waals surface area contributed by atoms with Crippen molar-refractivity contribution < 1.29 is 9.84 Å². The third-order valence-corrected chi connectivity index (χ3v) is 3.13. The zero-order valence-electron chi connectivity index (χ0n) is 11.6. The molecule has 0 saturated heterocycles. The molecule has 2 rings (SSSR count). The maximum atomic E-state index is 9.28. The number of benzene rings is 1. The van der Waals surface area contributed by atoms with Gasteiger partial charge in [0.1, 0.15) is 11.6 Å². The summed E-state index contributed by atoms with van der Waals surface area (Å²) in [6, 6.07) is 7.86. The van der Waals surface area contributed by atoms with Gasteiger partial charge in [-0.25, -0.2) is 4.98 Å². The number of hydrogen-bond acceptors (Lipinski definition) is 4. The van der Waals surface area contributed by atoms with E-state index in [1.54, 1.807) is 13.3 Å². The van der Waals surface area contributed by atoms with Crippen molar-refractivity contribution in [3.8, 4) is 5.75 Å². The fraction of sp³-hybridized carbons (Fsp3) is 0.400. The Morgan fingerprint density at radius 1 is 1.32 bits per heavy atom. The van der Waals surface area contributed by atoms with E-state index >= 15 is 0 Å². The Bertz CT molecular complexity index is 567. The highest BCUT2D eigenvalue weighted by atomic mass is 16.5. The molecule has 0 aliphatic heterocycles. The van der Waals surface area contributed by atoms with Crippen LogP contribution < -0.4 is 10.1 Å². The van der Waals surface area contributed by atoms with E-state index in [4.69, 9.17) is 4.74 Å². The molecule has 4 heteroatoms. The van der Waals surface area contributed by atoms with Crippen molar-refractivity contribution in [1.82, 2.24) is 4.98 Å². The lowest BCUT2D eigenvalue weighted by molar-refractivity contribution is 0.171. The quantitative estimate of drug-likeness (QED) is 0.868. The van der Waals surface area contributed by atoms with Crippen LogP contribution >= 0.6 is 0 Å². The maximum absolute atomic E-state index is 9.28. The number of aromatic nitrogens is 1. The van der Waals surface area contributed by atoms with Crippen LogP contribution in [0, 0.1) is 5.41 Å². The van der Waals surface area contributed by atoms with Gasteiger partial charge in [0.2, 0.25) is 0 Å². The Labute approximate surface area is 113 Å². The molecule has 1 aromatic heterocycles. The first-order chi connectivity index (χ1) is 9.05. The lowest BCUT2D eigenvalue weighted by Crippen LogP contribution is -2.27. The zero-order valence-corrected chi connectivity index (χ0v) is 11.6. The van der Waals surface area contributed by atoms with Crippen molar-refractivity contribution in [2.24, 2.45) is 5.41 Å². The highest BCUT2D eigenvalue weighted by molar-refractivity contribution is 5.92. The predicted molar refractivity (Wildman–Crippen MR) is 77.7 cm³/mol. The van der Waals surface area contributed by atoms with E-state index in [1.165, 1.54) is 0 Å². The Morgan fingerprint density at radius 2 is 2.11 bits per heavy atom. The second kappa shape index (κ2) is 5.45. The monoisotopic (exact) mass is 260 g/mol. The molecule has 0 aliphatic rings. The van der Waals surface area contributed by atoms with Gasteiger partial charge in [-0.3, -0.25) is 0 Å². The minimum absolute atomic E-state index is 0.137. The molecule has 0 bridgehead atoms. The molecule has 0 spiro atoms. The van der Waals surface area contributed by atoms with Crippen LogP contribution in [0.2, 0.25) is 0 Å².